The molecule has 4 nitrogen and oxygen atoms in total. The highest BCUT2D eigenvalue weighted by molar-refractivity contribution is 7.90. The summed E-state index contributed by atoms with van der Waals surface area (Å²) in [6, 6.07) is 7.39. The van der Waals surface area contributed by atoms with Crippen molar-refractivity contribution in [3.05, 3.63) is 35.4 Å². The van der Waals surface area contributed by atoms with E-state index in [1.807, 2.05) is 24.3 Å². The normalized spacial score (nSPS) is 11.4. The molecule has 0 fully saturated rings. The van der Waals surface area contributed by atoms with Crippen LogP contribution in [0.5, 0.6) is 0 Å². The monoisotopic (exact) mass is 256 g/mol. The van der Waals surface area contributed by atoms with Crippen LogP contribution in [-0.2, 0) is 27.5 Å². The maximum absolute atomic E-state index is 11.0. The van der Waals surface area contributed by atoms with Crippen LogP contribution < -0.4 is 0 Å². The number of hydrogen-bond donors (Lipinski definition) is 1. The molecule has 0 aliphatic heterocycles. The molecule has 0 saturated heterocycles. The van der Waals surface area contributed by atoms with E-state index >= 15 is 0 Å². The smallest absolute Gasteiger partial charge is 0.303 e. The molecule has 0 aliphatic carbocycles. The van der Waals surface area contributed by atoms with Crippen LogP contribution in [-0.4, -0.2) is 31.5 Å². The summed E-state index contributed by atoms with van der Waals surface area (Å²) in [5.41, 5.74) is 1.91. The number of rotatable bonds is 6. The second-order valence-corrected chi connectivity index (χ2v) is 6.35. The van der Waals surface area contributed by atoms with E-state index in [-0.39, 0.29) is 12.2 Å². The Kier molecular flexibility index (Phi) is 4.69. The summed E-state index contributed by atoms with van der Waals surface area (Å²) in [5.74, 6) is -0.673. The molecule has 0 bridgehead atoms. The minimum atomic E-state index is -2.93. The molecule has 1 rings (SSSR count). The molecule has 1 N–H and O–H groups in total. The maximum Gasteiger partial charge on any atom is 0.303 e. The number of aliphatic carboxylic acids is 1. The first-order valence-corrected chi connectivity index (χ1v) is 7.40. The molecule has 0 spiro atoms. The van der Waals surface area contributed by atoms with Crippen LogP contribution in [0, 0.1) is 0 Å². The molecular weight excluding hydrogens is 240 g/mol. The van der Waals surface area contributed by atoms with Crippen molar-refractivity contribution in [1.82, 2.24) is 0 Å². The van der Waals surface area contributed by atoms with E-state index in [9.17, 15) is 13.2 Å². The van der Waals surface area contributed by atoms with Crippen molar-refractivity contribution in [3.63, 3.8) is 0 Å². The SMILES string of the molecule is CS(=O)(=O)CCc1ccc(CCC(=O)O)cc1. The second-order valence-electron chi connectivity index (χ2n) is 4.09. The Morgan fingerprint density at radius 1 is 1.12 bits per heavy atom. The predicted molar refractivity (Wildman–Crippen MR) is 65.8 cm³/mol. The Morgan fingerprint density at radius 2 is 1.59 bits per heavy atom. The molecule has 94 valence electrons. The topological polar surface area (TPSA) is 71.4 Å². The van der Waals surface area contributed by atoms with Crippen LogP contribution in [0.25, 0.3) is 0 Å². The molecular formula is C12H16O4S. The Bertz CT molecular complexity index is 474. The van der Waals surface area contributed by atoms with Gasteiger partial charge in [0.2, 0.25) is 0 Å². The van der Waals surface area contributed by atoms with Gasteiger partial charge in [-0.2, -0.15) is 0 Å². The van der Waals surface area contributed by atoms with Crippen LogP contribution in [0.15, 0.2) is 24.3 Å². The molecule has 1 aromatic rings. The molecule has 0 saturated carbocycles. The van der Waals surface area contributed by atoms with Gasteiger partial charge in [0.1, 0.15) is 9.84 Å². The molecule has 0 amide bonds. The fraction of sp³-hybridized carbons (Fsp3) is 0.417. The summed E-state index contributed by atoms with van der Waals surface area (Å²) >= 11 is 0. The van der Waals surface area contributed by atoms with Gasteiger partial charge < -0.3 is 5.11 Å². The first-order chi connectivity index (χ1) is 7.87. The van der Waals surface area contributed by atoms with Gasteiger partial charge in [0.05, 0.1) is 5.75 Å². The lowest BCUT2D eigenvalue weighted by Gasteiger charge is -2.02. The number of sulfone groups is 1. The quantitative estimate of drug-likeness (QED) is 0.832. The second kappa shape index (κ2) is 5.82. The van der Waals surface area contributed by atoms with Gasteiger partial charge in [0.25, 0.3) is 0 Å². The van der Waals surface area contributed by atoms with Crippen LogP contribution in [0.4, 0.5) is 0 Å². The van der Waals surface area contributed by atoms with E-state index < -0.39 is 15.8 Å². The zero-order chi connectivity index (χ0) is 12.9. The van der Waals surface area contributed by atoms with E-state index in [1.165, 1.54) is 6.26 Å². The van der Waals surface area contributed by atoms with E-state index in [4.69, 9.17) is 5.11 Å². The van der Waals surface area contributed by atoms with E-state index in [0.717, 1.165) is 11.1 Å². The Morgan fingerprint density at radius 3 is 2.00 bits per heavy atom. The highest BCUT2D eigenvalue weighted by Crippen LogP contribution is 2.08. The molecule has 1 aromatic carbocycles. The van der Waals surface area contributed by atoms with Crippen molar-refractivity contribution >= 4 is 15.8 Å². The summed E-state index contributed by atoms with van der Waals surface area (Å²) in [7, 11) is -2.93. The molecule has 0 aliphatic rings. The van der Waals surface area contributed by atoms with E-state index in [1.54, 1.807) is 0 Å². The average molecular weight is 256 g/mol. The van der Waals surface area contributed by atoms with Crippen LogP contribution in [0.3, 0.4) is 0 Å². The summed E-state index contributed by atoms with van der Waals surface area (Å²) in [6.07, 6.45) is 2.33. The summed E-state index contributed by atoms with van der Waals surface area (Å²) < 4.78 is 22.0. The standard InChI is InChI=1S/C12H16O4S/c1-17(15,16)9-8-11-4-2-10(3-5-11)6-7-12(13)14/h2-5H,6-9H2,1H3,(H,13,14). The highest BCUT2D eigenvalue weighted by atomic mass is 32.2. The third-order valence-electron chi connectivity index (χ3n) is 2.41. The molecule has 0 heterocycles. The average Bonchev–Trinajstić information content (AvgIpc) is 2.24. The van der Waals surface area contributed by atoms with Gasteiger partial charge in [-0.1, -0.05) is 24.3 Å². The molecule has 0 unspecified atom stereocenters. The lowest BCUT2D eigenvalue weighted by atomic mass is 10.1. The van der Waals surface area contributed by atoms with Gasteiger partial charge in [0.15, 0.2) is 0 Å². The van der Waals surface area contributed by atoms with Crippen molar-refractivity contribution in [2.45, 2.75) is 19.3 Å². The molecule has 0 radical (unpaired) electrons. The van der Waals surface area contributed by atoms with Crippen LogP contribution in [0.2, 0.25) is 0 Å². The zero-order valence-electron chi connectivity index (χ0n) is 9.72. The van der Waals surface area contributed by atoms with Gasteiger partial charge in [-0.15, -0.1) is 0 Å². The molecule has 17 heavy (non-hydrogen) atoms. The third-order valence-corrected chi connectivity index (χ3v) is 3.36. The van der Waals surface area contributed by atoms with Crippen molar-refractivity contribution in [3.8, 4) is 0 Å². The summed E-state index contributed by atoms with van der Waals surface area (Å²) in [4.78, 5) is 10.4. The minimum absolute atomic E-state index is 0.114. The fourth-order valence-electron chi connectivity index (χ4n) is 1.43. The van der Waals surface area contributed by atoms with Crippen molar-refractivity contribution in [1.29, 1.82) is 0 Å². The highest BCUT2D eigenvalue weighted by Gasteiger charge is 2.03. The first-order valence-electron chi connectivity index (χ1n) is 5.34. The minimum Gasteiger partial charge on any atom is -0.481 e. The molecule has 0 atom stereocenters. The summed E-state index contributed by atoms with van der Waals surface area (Å²) in [5, 5.41) is 8.54. The van der Waals surface area contributed by atoms with Crippen molar-refractivity contribution in [2.24, 2.45) is 0 Å². The van der Waals surface area contributed by atoms with Gasteiger partial charge in [-0.05, 0) is 24.0 Å². The predicted octanol–water partition coefficient (Wildman–Crippen LogP) is 1.29. The number of hydrogen-bond acceptors (Lipinski definition) is 3. The van der Waals surface area contributed by atoms with Crippen LogP contribution >= 0.6 is 0 Å². The Hall–Kier alpha value is -1.36. The maximum atomic E-state index is 11.0. The fourth-order valence-corrected chi connectivity index (χ4v) is 2.03. The van der Waals surface area contributed by atoms with E-state index in [2.05, 4.69) is 0 Å². The first kappa shape index (κ1) is 13.7. The van der Waals surface area contributed by atoms with Gasteiger partial charge in [-0.3, -0.25) is 4.79 Å². The van der Waals surface area contributed by atoms with Gasteiger partial charge in [0, 0.05) is 12.7 Å². The van der Waals surface area contributed by atoms with Gasteiger partial charge >= 0.3 is 5.97 Å². The lowest BCUT2D eigenvalue weighted by molar-refractivity contribution is -0.136. The van der Waals surface area contributed by atoms with Gasteiger partial charge in [-0.25, -0.2) is 8.42 Å². The lowest BCUT2D eigenvalue weighted by Crippen LogP contribution is -2.05. The summed E-state index contributed by atoms with van der Waals surface area (Å²) in [6.45, 7) is 0. The zero-order valence-corrected chi connectivity index (χ0v) is 10.5. The number of benzene rings is 1. The largest absolute Gasteiger partial charge is 0.481 e. The molecule has 0 aromatic heterocycles. The number of aryl methyl sites for hydroxylation is 2. The van der Waals surface area contributed by atoms with Crippen molar-refractivity contribution in [2.75, 3.05) is 12.0 Å². The van der Waals surface area contributed by atoms with Crippen molar-refractivity contribution < 1.29 is 18.3 Å². The number of carboxylic acids is 1. The van der Waals surface area contributed by atoms with Crippen LogP contribution in [0.1, 0.15) is 17.5 Å². The number of carbonyl (C=O) groups is 1. The van der Waals surface area contributed by atoms with E-state index in [0.29, 0.717) is 12.8 Å². The Balaban J connectivity index is 2.53. The molecule has 5 heteroatoms. The third kappa shape index (κ3) is 6.06. The Labute approximate surface area is 101 Å². The number of carboxylic acid groups (broad SMARTS) is 1.